The predicted molar refractivity (Wildman–Crippen MR) is 105 cm³/mol. The molecule has 0 aliphatic rings. The van der Waals surface area contributed by atoms with Gasteiger partial charge in [0.1, 0.15) is 11.4 Å². The van der Waals surface area contributed by atoms with Crippen LogP contribution in [0.15, 0.2) is 59.1 Å². The van der Waals surface area contributed by atoms with E-state index in [9.17, 15) is 14.0 Å². The third-order valence-corrected chi connectivity index (χ3v) is 4.29. The van der Waals surface area contributed by atoms with Gasteiger partial charge in [-0.15, -0.1) is 0 Å². The van der Waals surface area contributed by atoms with Gasteiger partial charge in [-0.05, 0) is 31.2 Å². The number of esters is 1. The van der Waals surface area contributed by atoms with Crippen molar-refractivity contribution >= 4 is 17.6 Å². The molecule has 6 nitrogen and oxygen atoms in total. The van der Waals surface area contributed by atoms with Gasteiger partial charge in [0.15, 0.2) is 5.76 Å². The number of ether oxygens (including phenoxy) is 1. The number of carbonyl (C=O) groups is 2. The van der Waals surface area contributed by atoms with Gasteiger partial charge in [0.2, 0.25) is 6.10 Å². The average Bonchev–Trinajstić information content (AvgIpc) is 3.10. The van der Waals surface area contributed by atoms with Crippen molar-refractivity contribution in [1.29, 1.82) is 0 Å². The van der Waals surface area contributed by atoms with Crippen molar-refractivity contribution in [2.75, 3.05) is 5.32 Å². The van der Waals surface area contributed by atoms with Crippen LogP contribution in [-0.2, 0) is 9.53 Å². The number of nitrogens with zero attached hydrogens (tertiary/aromatic N) is 1. The maximum atomic E-state index is 13.1. The van der Waals surface area contributed by atoms with Crippen molar-refractivity contribution in [3.8, 4) is 0 Å². The Hall–Kier alpha value is -3.48. The van der Waals surface area contributed by atoms with E-state index in [1.807, 2.05) is 13.8 Å². The Morgan fingerprint density at radius 1 is 1.07 bits per heavy atom. The lowest BCUT2D eigenvalue weighted by Crippen LogP contribution is -2.26. The van der Waals surface area contributed by atoms with Gasteiger partial charge in [0, 0.05) is 17.2 Å². The molecule has 1 atom stereocenters. The van der Waals surface area contributed by atoms with Crippen molar-refractivity contribution in [3.05, 3.63) is 83.0 Å². The number of amides is 1. The van der Waals surface area contributed by atoms with Gasteiger partial charge in [0.25, 0.3) is 5.91 Å². The Labute approximate surface area is 167 Å². The zero-order chi connectivity index (χ0) is 21.0. The summed E-state index contributed by atoms with van der Waals surface area (Å²) >= 11 is 0. The largest absolute Gasteiger partial charge is 0.444 e. The Morgan fingerprint density at radius 2 is 1.72 bits per heavy atom. The van der Waals surface area contributed by atoms with Crippen LogP contribution in [0.4, 0.5) is 10.1 Å². The molecule has 0 saturated carbocycles. The highest BCUT2D eigenvalue weighted by Crippen LogP contribution is 2.27. The Kier molecular flexibility index (Phi) is 6.07. The van der Waals surface area contributed by atoms with E-state index in [-0.39, 0.29) is 11.5 Å². The summed E-state index contributed by atoms with van der Waals surface area (Å²) in [5.74, 6) is -1.36. The van der Waals surface area contributed by atoms with Crippen molar-refractivity contribution in [3.63, 3.8) is 0 Å². The van der Waals surface area contributed by atoms with Gasteiger partial charge in [0.05, 0.1) is 5.69 Å². The Bertz CT molecular complexity index is 997. The van der Waals surface area contributed by atoms with Gasteiger partial charge in [-0.25, -0.2) is 9.18 Å². The summed E-state index contributed by atoms with van der Waals surface area (Å²) in [5, 5.41) is 6.50. The van der Waals surface area contributed by atoms with Crippen molar-refractivity contribution < 1.29 is 23.2 Å². The monoisotopic (exact) mass is 396 g/mol. The molecule has 0 aliphatic carbocycles. The zero-order valence-electron chi connectivity index (χ0n) is 16.3. The average molecular weight is 396 g/mol. The summed E-state index contributed by atoms with van der Waals surface area (Å²) in [6.45, 7) is 5.38. The molecule has 0 bridgehead atoms. The van der Waals surface area contributed by atoms with E-state index in [2.05, 4.69) is 10.5 Å². The number of aromatic nitrogens is 1. The van der Waals surface area contributed by atoms with Crippen LogP contribution in [-0.4, -0.2) is 17.0 Å². The molecule has 0 spiro atoms. The van der Waals surface area contributed by atoms with Gasteiger partial charge in [-0.1, -0.05) is 49.3 Å². The number of aryl methyl sites for hydroxylation is 1. The summed E-state index contributed by atoms with van der Waals surface area (Å²) in [6.07, 6.45) is -1.21. The minimum absolute atomic E-state index is 0.0815. The Balaban J connectivity index is 1.88. The SMILES string of the molecule is Cc1noc(C(C)C)c1C(=O)O[C@H](C(=O)Nc1ccc(F)cc1)c1ccccc1. The fraction of sp³-hybridized carbons (Fsp3) is 0.227. The van der Waals surface area contributed by atoms with Gasteiger partial charge in [-0.2, -0.15) is 0 Å². The Morgan fingerprint density at radius 3 is 2.34 bits per heavy atom. The molecule has 2 aromatic carbocycles. The second-order valence-electron chi connectivity index (χ2n) is 6.85. The number of rotatable bonds is 6. The van der Waals surface area contributed by atoms with Crippen molar-refractivity contribution in [2.24, 2.45) is 0 Å². The second kappa shape index (κ2) is 8.68. The maximum absolute atomic E-state index is 13.1. The molecule has 0 saturated heterocycles. The molecular weight excluding hydrogens is 375 g/mol. The predicted octanol–water partition coefficient (Wildman–Crippen LogP) is 4.78. The molecular formula is C22H21FN2O4. The molecule has 29 heavy (non-hydrogen) atoms. The highest BCUT2D eigenvalue weighted by atomic mass is 19.1. The minimum atomic E-state index is -1.21. The smallest absolute Gasteiger partial charge is 0.344 e. The number of halogens is 1. The quantitative estimate of drug-likeness (QED) is 0.606. The summed E-state index contributed by atoms with van der Waals surface area (Å²) < 4.78 is 24.0. The van der Waals surface area contributed by atoms with E-state index < -0.39 is 23.8 Å². The number of benzene rings is 2. The molecule has 0 fully saturated rings. The first-order valence-corrected chi connectivity index (χ1v) is 9.15. The second-order valence-corrected chi connectivity index (χ2v) is 6.85. The van der Waals surface area contributed by atoms with Crippen LogP contribution in [0.1, 0.15) is 53.2 Å². The summed E-state index contributed by atoms with van der Waals surface area (Å²) in [4.78, 5) is 25.8. The van der Waals surface area contributed by atoms with Crippen molar-refractivity contribution in [1.82, 2.24) is 5.16 Å². The third-order valence-electron chi connectivity index (χ3n) is 4.29. The minimum Gasteiger partial charge on any atom is -0.444 e. The van der Waals surface area contributed by atoms with E-state index in [0.717, 1.165) is 0 Å². The maximum Gasteiger partial charge on any atom is 0.344 e. The van der Waals surface area contributed by atoms with Crippen LogP contribution >= 0.6 is 0 Å². The highest BCUT2D eigenvalue weighted by Gasteiger charge is 2.30. The van der Waals surface area contributed by atoms with Gasteiger partial charge >= 0.3 is 5.97 Å². The normalized spacial score (nSPS) is 11.9. The molecule has 3 aromatic rings. The number of hydrogen-bond acceptors (Lipinski definition) is 5. The molecule has 1 N–H and O–H groups in total. The number of anilines is 1. The van der Waals surface area contributed by atoms with E-state index in [0.29, 0.717) is 22.7 Å². The van der Waals surface area contributed by atoms with Crippen LogP contribution in [0.5, 0.6) is 0 Å². The lowest BCUT2D eigenvalue weighted by molar-refractivity contribution is -0.125. The highest BCUT2D eigenvalue weighted by molar-refractivity contribution is 5.98. The van der Waals surface area contributed by atoms with Crippen LogP contribution < -0.4 is 5.32 Å². The van der Waals surface area contributed by atoms with E-state index >= 15 is 0 Å². The summed E-state index contributed by atoms with van der Waals surface area (Å²) in [5.41, 5.74) is 1.50. The molecule has 1 amide bonds. The van der Waals surface area contributed by atoms with Crippen LogP contribution in [0.25, 0.3) is 0 Å². The molecule has 3 rings (SSSR count). The van der Waals surface area contributed by atoms with E-state index in [4.69, 9.17) is 9.26 Å². The lowest BCUT2D eigenvalue weighted by atomic mass is 10.0. The molecule has 1 aromatic heterocycles. The fourth-order valence-electron chi connectivity index (χ4n) is 2.84. The molecule has 0 radical (unpaired) electrons. The number of hydrogen-bond donors (Lipinski definition) is 1. The molecule has 150 valence electrons. The summed E-state index contributed by atoms with van der Waals surface area (Å²) in [6, 6.07) is 14.0. The first-order chi connectivity index (χ1) is 13.9. The topological polar surface area (TPSA) is 81.4 Å². The van der Waals surface area contributed by atoms with Crippen LogP contribution in [0.3, 0.4) is 0 Å². The fourth-order valence-corrected chi connectivity index (χ4v) is 2.84. The van der Waals surface area contributed by atoms with Crippen molar-refractivity contribution in [2.45, 2.75) is 32.8 Å². The third kappa shape index (κ3) is 4.68. The van der Waals surface area contributed by atoms with Crippen LogP contribution in [0, 0.1) is 12.7 Å². The molecule has 7 heteroatoms. The number of carbonyl (C=O) groups excluding carboxylic acids is 2. The number of nitrogens with one attached hydrogen (secondary N) is 1. The van der Waals surface area contributed by atoms with Crippen LogP contribution in [0.2, 0.25) is 0 Å². The standard InChI is InChI=1S/C22H21FN2O4/c1-13(2)19-18(14(3)25-29-19)22(27)28-20(15-7-5-4-6-8-15)21(26)24-17-11-9-16(23)10-12-17/h4-13,20H,1-3H3,(H,24,26)/t20-/m0/s1. The lowest BCUT2D eigenvalue weighted by Gasteiger charge is -2.18. The molecule has 0 unspecified atom stereocenters. The van der Waals surface area contributed by atoms with E-state index in [1.165, 1.54) is 24.3 Å². The van der Waals surface area contributed by atoms with Gasteiger partial charge < -0.3 is 14.6 Å². The molecule has 0 aliphatic heterocycles. The summed E-state index contributed by atoms with van der Waals surface area (Å²) in [7, 11) is 0. The van der Waals surface area contributed by atoms with Gasteiger partial charge in [-0.3, -0.25) is 4.79 Å². The first-order valence-electron chi connectivity index (χ1n) is 9.15. The first kappa shape index (κ1) is 20.3. The zero-order valence-corrected chi connectivity index (χ0v) is 16.3. The molecule has 1 heterocycles. The van der Waals surface area contributed by atoms with E-state index in [1.54, 1.807) is 37.3 Å².